The molecule has 2 atom stereocenters. The number of H-pyrrole nitrogens is 1. The molecule has 0 saturated carbocycles. The van der Waals surface area contributed by atoms with Crippen molar-refractivity contribution >= 4 is 17.5 Å². The summed E-state index contributed by atoms with van der Waals surface area (Å²) in [4.78, 5) is 25.5. The number of halogens is 1. The Morgan fingerprint density at radius 3 is 2.85 bits per heavy atom. The summed E-state index contributed by atoms with van der Waals surface area (Å²) in [5.74, 6) is 1.43. The van der Waals surface area contributed by atoms with Gasteiger partial charge in [-0.3, -0.25) is 19.8 Å². The topological polar surface area (TPSA) is 78.0 Å². The van der Waals surface area contributed by atoms with E-state index in [-0.39, 0.29) is 11.2 Å². The van der Waals surface area contributed by atoms with Crippen molar-refractivity contribution in [3.05, 3.63) is 41.2 Å². The van der Waals surface area contributed by atoms with Crippen LogP contribution in [0.1, 0.15) is 30.7 Å². The number of aromatic amines is 1. The van der Waals surface area contributed by atoms with Gasteiger partial charge in [-0.05, 0) is 48.1 Å². The molecule has 2 bridgehead atoms. The summed E-state index contributed by atoms with van der Waals surface area (Å²) in [6.07, 6.45) is 6.98. The minimum atomic E-state index is 0.202. The molecule has 8 heteroatoms. The Bertz CT molecular complexity index is 751. The Morgan fingerprint density at radius 2 is 2.08 bits per heavy atom. The second kappa shape index (κ2) is 7.72. The number of aryl methyl sites for hydroxylation is 1. The van der Waals surface area contributed by atoms with Gasteiger partial charge < -0.3 is 4.90 Å². The minimum Gasteiger partial charge on any atom is -0.338 e. The molecule has 0 radical (unpaired) electrons. The zero-order valence-corrected chi connectivity index (χ0v) is 15.4. The van der Waals surface area contributed by atoms with Gasteiger partial charge in [0.25, 0.3) is 0 Å². The van der Waals surface area contributed by atoms with Crippen LogP contribution in [0.15, 0.2) is 24.5 Å². The molecule has 5 heterocycles. The van der Waals surface area contributed by atoms with Crippen molar-refractivity contribution in [2.45, 2.75) is 38.3 Å². The van der Waals surface area contributed by atoms with E-state index in [1.54, 1.807) is 0 Å². The van der Waals surface area contributed by atoms with Gasteiger partial charge in [-0.25, -0.2) is 4.98 Å². The first-order chi connectivity index (χ1) is 12.7. The van der Waals surface area contributed by atoms with E-state index < -0.39 is 0 Å². The first kappa shape index (κ1) is 17.4. The lowest BCUT2D eigenvalue weighted by Crippen LogP contribution is -2.47. The van der Waals surface area contributed by atoms with Gasteiger partial charge in [-0.15, -0.1) is 5.10 Å². The Balaban J connectivity index is 1.37. The zero-order valence-electron chi connectivity index (χ0n) is 14.6. The third kappa shape index (κ3) is 4.04. The maximum Gasteiger partial charge on any atom is 0.242 e. The minimum absolute atomic E-state index is 0.202. The Hall–Kier alpha value is -1.99. The van der Waals surface area contributed by atoms with E-state index in [9.17, 15) is 4.79 Å². The van der Waals surface area contributed by atoms with Crippen LogP contribution in [0.5, 0.6) is 0 Å². The van der Waals surface area contributed by atoms with Gasteiger partial charge in [0, 0.05) is 57.5 Å². The predicted molar refractivity (Wildman–Crippen MR) is 97.5 cm³/mol. The van der Waals surface area contributed by atoms with Gasteiger partial charge in [0.1, 0.15) is 5.82 Å². The van der Waals surface area contributed by atoms with E-state index in [1.165, 1.54) is 12.0 Å². The number of fused-ring (bicyclic) bond motifs is 4. The third-order valence-electron chi connectivity index (χ3n) is 5.35. The summed E-state index contributed by atoms with van der Waals surface area (Å²) in [6, 6.07) is 4.44. The van der Waals surface area contributed by atoms with Crippen molar-refractivity contribution in [2.75, 3.05) is 19.6 Å². The molecule has 3 saturated heterocycles. The van der Waals surface area contributed by atoms with Gasteiger partial charge >= 0.3 is 0 Å². The van der Waals surface area contributed by atoms with Crippen LogP contribution in [0.25, 0.3) is 0 Å². The van der Waals surface area contributed by atoms with E-state index >= 15 is 0 Å². The zero-order chi connectivity index (χ0) is 17.9. The highest BCUT2D eigenvalue weighted by molar-refractivity contribution is 6.28. The normalized spacial score (nSPS) is 23.2. The van der Waals surface area contributed by atoms with Crippen molar-refractivity contribution in [3.63, 3.8) is 0 Å². The molecule has 2 aromatic heterocycles. The molecular formula is C18H23ClN6O. The van der Waals surface area contributed by atoms with Crippen LogP contribution in [0.4, 0.5) is 0 Å². The first-order valence-corrected chi connectivity index (χ1v) is 9.52. The van der Waals surface area contributed by atoms with Crippen LogP contribution in [0.2, 0.25) is 5.28 Å². The molecule has 7 nitrogen and oxygen atoms in total. The number of pyridine rings is 1. The van der Waals surface area contributed by atoms with Crippen molar-refractivity contribution in [3.8, 4) is 0 Å². The van der Waals surface area contributed by atoms with Gasteiger partial charge in [0.15, 0.2) is 0 Å². The highest BCUT2D eigenvalue weighted by atomic mass is 35.5. The summed E-state index contributed by atoms with van der Waals surface area (Å²) in [6.45, 7) is 3.79. The Morgan fingerprint density at radius 1 is 1.23 bits per heavy atom. The Kier molecular flexibility index (Phi) is 5.17. The number of rotatable bonds is 5. The first-order valence-electron chi connectivity index (χ1n) is 9.15. The monoisotopic (exact) mass is 374 g/mol. The maximum atomic E-state index is 12.8. The summed E-state index contributed by atoms with van der Waals surface area (Å²) in [5, 5.41) is 6.77. The molecule has 3 fully saturated rings. The quantitative estimate of drug-likeness (QED) is 0.864. The number of piperidine rings is 1. The summed E-state index contributed by atoms with van der Waals surface area (Å²) < 4.78 is 0. The number of nitrogens with one attached hydrogen (secondary N) is 1. The molecule has 2 aromatic rings. The molecule has 0 spiro atoms. The molecule has 3 aliphatic rings. The van der Waals surface area contributed by atoms with E-state index in [1.807, 2.05) is 12.4 Å². The fraction of sp³-hybridized carbons (Fsp3) is 0.556. The van der Waals surface area contributed by atoms with Crippen molar-refractivity contribution in [1.82, 2.24) is 30.0 Å². The Labute approximate surface area is 157 Å². The molecule has 0 aliphatic carbocycles. The fourth-order valence-corrected chi connectivity index (χ4v) is 4.26. The highest BCUT2D eigenvalue weighted by Gasteiger charge is 2.36. The van der Waals surface area contributed by atoms with Crippen LogP contribution in [0, 0.1) is 5.92 Å². The van der Waals surface area contributed by atoms with E-state index in [2.05, 4.69) is 42.1 Å². The van der Waals surface area contributed by atoms with Gasteiger partial charge in [0.2, 0.25) is 11.2 Å². The summed E-state index contributed by atoms with van der Waals surface area (Å²) in [5.41, 5.74) is 1.28. The number of nitrogens with zero attached hydrogens (tertiary/aromatic N) is 5. The molecule has 0 aromatic carbocycles. The SMILES string of the molecule is O=C(CCc1nc(Cl)n[nH]1)N1C[C@H]2CC[C@@H]1CN(Cc1ccncc1)C2. The molecule has 1 N–H and O–H groups in total. The third-order valence-corrected chi connectivity index (χ3v) is 5.51. The van der Waals surface area contributed by atoms with Crippen LogP contribution in [-0.2, 0) is 17.8 Å². The van der Waals surface area contributed by atoms with Crippen molar-refractivity contribution in [2.24, 2.45) is 5.92 Å². The number of carbonyl (C=O) groups excluding carboxylic acids is 1. The standard InChI is InChI=1S/C18H23ClN6O/c19-18-21-16(22-23-18)3-4-17(26)25-11-14-1-2-15(25)12-24(10-14)9-13-5-7-20-8-6-13/h5-8,14-15H,1-4,9-12H2,(H,21,22,23)/t14-,15+/m0/s1. The second-order valence-corrected chi connectivity index (χ2v) is 7.58. The summed E-state index contributed by atoms with van der Waals surface area (Å²) >= 11 is 5.72. The number of amides is 1. The maximum absolute atomic E-state index is 12.8. The van der Waals surface area contributed by atoms with Gasteiger partial charge in [-0.2, -0.15) is 0 Å². The van der Waals surface area contributed by atoms with Gasteiger partial charge in [0.05, 0.1) is 0 Å². The van der Waals surface area contributed by atoms with Crippen LogP contribution < -0.4 is 0 Å². The lowest BCUT2D eigenvalue weighted by atomic mass is 9.94. The molecule has 5 rings (SSSR count). The smallest absolute Gasteiger partial charge is 0.242 e. The largest absolute Gasteiger partial charge is 0.338 e. The lowest BCUT2D eigenvalue weighted by Gasteiger charge is -2.36. The number of aromatic nitrogens is 4. The van der Waals surface area contributed by atoms with Gasteiger partial charge in [-0.1, -0.05) is 0 Å². The molecule has 138 valence electrons. The van der Waals surface area contributed by atoms with Crippen LogP contribution in [-0.4, -0.2) is 61.5 Å². The number of carbonyl (C=O) groups is 1. The number of hydrogen-bond donors (Lipinski definition) is 1. The van der Waals surface area contributed by atoms with Crippen molar-refractivity contribution in [1.29, 1.82) is 0 Å². The van der Waals surface area contributed by atoms with Crippen LogP contribution in [0.3, 0.4) is 0 Å². The predicted octanol–water partition coefficient (Wildman–Crippen LogP) is 1.91. The average molecular weight is 375 g/mol. The highest BCUT2D eigenvalue weighted by Crippen LogP contribution is 2.29. The molecule has 26 heavy (non-hydrogen) atoms. The van der Waals surface area contributed by atoms with Crippen LogP contribution >= 0.6 is 11.6 Å². The number of hydrogen-bond acceptors (Lipinski definition) is 5. The molecular weight excluding hydrogens is 352 g/mol. The van der Waals surface area contributed by atoms with E-state index in [0.29, 0.717) is 30.6 Å². The summed E-state index contributed by atoms with van der Waals surface area (Å²) in [7, 11) is 0. The molecule has 0 unspecified atom stereocenters. The fourth-order valence-electron chi connectivity index (χ4n) is 4.11. The lowest BCUT2D eigenvalue weighted by molar-refractivity contribution is -0.135. The second-order valence-electron chi connectivity index (χ2n) is 7.24. The van der Waals surface area contributed by atoms with E-state index in [4.69, 9.17) is 11.6 Å². The average Bonchev–Trinajstić information content (AvgIpc) is 2.87. The van der Waals surface area contributed by atoms with Crippen molar-refractivity contribution < 1.29 is 4.79 Å². The molecule has 3 aliphatic heterocycles. The van der Waals surface area contributed by atoms with E-state index in [0.717, 1.165) is 32.6 Å². The molecule has 1 amide bonds.